The van der Waals surface area contributed by atoms with Crippen LogP contribution in [0.25, 0.3) is 0 Å². The molecule has 2 amide bonds. The predicted octanol–water partition coefficient (Wildman–Crippen LogP) is 3.62. The Morgan fingerprint density at radius 3 is 1.90 bits per heavy atom. The topological polar surface area (TPSA) is 61.4 Å². The summed E-state index contributed by atoms with van der Waals surface area (Å²) in [4.78, 5) is 27.9. The Morgan fingerprint density at radius 2 is 1.40 bits per heavy atom. The fourth-order valence-electron chi connectivity index (χ4n) is 8.31. The van der Waals surface area contributed by atoms with Gasteiger partial charge in [0.15, 0.2) is 0 Å². The Morgan fingerprint density at radius 1 is 0.867 bits per heavy atom. The van der Waals surface area contributed by atoms with E-state index in [0.717, 1.165) is 30.6 Å². The second-order valence-corrected chi connectivity index (χ2v) is 12.6. The monoisotopic (exact) mass is 415 g/mol. The normalized spacial score (nSPS) is 42.4. The number of carbonyl (C=O) groups excluding carboxylic acids is 2. The summed E-state index contributed by atoms with van der Waals surface area (Å²) in [5, 5.41) is 6.68. The van der Waals surface area contributed by atoms with Crippen molar-refractivity contribution < 1.29 is 9.59 Å². The van der Waals surface area contributed by atoms with Crippen molar-refractivity contribution in [2.24, 2.45) is 23.7 Å². The van der Waals surface area contributed by atoms with Crippen LogP contribution >= 0.6 is 0 Å². The zero-order valence-electron chi connectivity index (χ0n) is 19.2. The zero-order valence-corrected chi connectivity index (χ0v) is 19.2. The summed E-state index contributed by atoms with van der Waals surface area (Å²) in [5.74, 6) is 3.54. The Kier molecular flexibility index (Phi) is 5.19. The number of nitrogens with zero attached hydrogens (tertiary/aromatic N) is 1. The van der Waals surface area contributed by atoms with Gasteiger partial charge in [-0.3, -0.25) is 14.5 Å². The van der Waals surface area contributed by atoms with Gasteiger partial charge >= 0.3 is 0 Å². The van der Waals surface area contributed by atoms with Crippen molar-refractivity contribution in [2.75, 3.05) is 6.54 Å². The van der Waals surface area contributed by atoms with Crippen LogP contribution in [0.15, 0.2) is 0 Å². The molecule has 2 atom stereocenters. The molecule has 0 aromatic carbocycles. The largest absolute Gasteiger partial charge is 0.351 e. The molecular formula is C25H41N3O2. The fraction of sp³-hybridized carbons (Fsp3) is 0.920. The van der Waals surface area contributed by atoms with Crippen molar-refractivity contribution in [3.8, 4) is 0 Å². The lowest BCUT2D eigenvalue weighted by Gasteiger charge is -2.57. The number of piperidine rings is 1. The first kappa shape index (κ1) is 20.8. The molecule has 2 saturated heterocycles. The van der Waals surface area contributed by atoms with Gasteiger partial charge in [-0.1, -0.05) is 0 Å². The first-order chi connectivity index (χ1) is 14.2. The van der Waals surface area contributed by atoms with Crippen molar-refractivity contribution in [3.05, 3.63) is 0 Å². The minimum Gasteiger partial charge on any atom is -0.351 e. The molecule has 5 heteroatoms. The second-order valence-electron chi connectivity index (χ2n) is 12.6. The summed E-state index contributed by atoms with van der Waals surface area (Å²) in [7, 11) is 0. The van der Waals surface area contributed by atoms with E-state index in [2.05, 4.69) is 15.5 Å². The summed E-state index contributed by atoms with van der Waals surface area (Å²) >= 11 is 0. The summed E-state index contributed by atoms with van der Waals surface area (Å²) in [5.41, 5.74) is -0.0413. The van der Waals surface area contributed by atoms with Crippen molar-refractivity contribution in [2.45, 2.75) is 115 Å². The molecule has 0 aromatic rings. The molecule has 2 heterocycles. The Hall–Kier alpha value is -1.10. The van der Waals surface area contributed by atoms with Gasteiger partial charge in [0.2, 0.25) is 11.8 Å². The van der Waals surface area contributed by atoms with Gasteiger partial charge in [-0.2, -0.15) is 0 Å². The summed E-state index contributed by atoms with van der Waals surface area (Å²) in [6.07, 6.45) is 13.2. The van der Waals surface area contributed by atoms with E-state index < -0.39 is 0 Å². The van der Waals surface area contributed by atoms with E-state index >= 15 is 0 Å². The van der Waals surface area contributed by atoms with Crippen LogP contribution in [0.2, 0.25) is 0 Å². The first-order valence-corrected chi connectivity index (χ1v) is 12.5. The molecule has 4 saturated carbocycles. The lowest BCUT2D eigenvalue weighted by atomic mass is 9.53. The zero-order chi connectivity index (χ0) is 21.1. The van der Waals surface area contributed by atoms with Gasteiger partial charge in [0.25, 0.3) is 0 Å². The number of rotatable bonds is 5. The van der Waals surface area contributed by atoms with E-state index in [0.29, 0.717) is 36.9 Å². The van der Waals surface area contributed by atoms with Crippen molar-refractivity contribution >= 4 is 11.8 Å². The molecule has 2 aliphatic heterocycles. The van der Waals surface area contributed by atoms with Gasteiger partial charge in [-0.05, 0) is 109 Å². The van der Waals surface area contributed by atoms with Crippen LogP contribution < -0.4 is 10.6 Å². The number of amides is 2. The molecule has 0 aromatic heterocycles. The lowest BCUT2D eigenvalue weighted by molar-refractivity contribution is -0.129. The van der Waals surface area contributed by atoms with Crippen LogP contribution in [-0.4, -0.2) is 46.4 Å². The van der Waals surface area contributed by atoms with Crippen LogP contribution in [0.3, 0.4) is 0 Å². The molecule has 6 fully saturated rings. The highest BCUT2D eigenvalue weighted by molar-refractivity contribution is 5.79. The Labute approximate surface area is 182 Å². The molecule has 0 spiro atoms. The molecule has 4 aliphatic carbocycles. The van der Waals surface area contributed by atoms with E-state index in [-0.39, 0.29) is 17.0 Å². The number of hydrogen-bond acceptors (Lipinski definition) is 3. The predicted molar refractivity (Wildman–Crippen MR) is 118 cm³/mol. The van der Waals surface area contributed by atoms with Crippen LogP contribution in [0, 0.1) is 23.7 Å². The number of carbonyl (C=O) groups is 2. The molecule has 5 nitrogen and oxygen atoms in total. The molecule has 6 aliphatic rings. The summed E-state index contributed by atoms with van der Waals surface area (Å²) in [6, 6.07) is 0.957. The Bertz CT molecular complexity index is 648. The maximum Gasteiger partial charge on any atom is 0.234 e. The smallest absolute Gasteiger partial charge is 0.234 e. The van der Waals surface area contributed by atoms with Gasteiger partial charge in [0.1, 0.15) is 0 Å². The fourth-order valence-corrected chi connectivity index (χ4v) is 8.31. The minimum atomic E-state index is -0.177. The van der Waals surface area contributed by atoms with Gasteiger partial charge in [-0.15, -0.1) is 0 Å². The SMILES string of the molecule is CC(C)(C)NC(=O)CN1C2CCC1CC(CC(=O)NC13CC4CC(CC(C4)C1)C3)C2. The van der Waals surface area contributed by atoms with Gasteiger partial charge < -0.3 is 10.6 Å². The van der Waals surface area contributed by atoms with Crippen molar-refractivity contribution in [1.29, 1.82) is 0 Å². The third-order valence-corrected chi connectivity index (χ3v) is 8.74. The number of nitrogens with one attached hydrogen (secondary N) is 2. The summed E-state index contributed by atoms with van der Waals surface area (Å²) in [6.45, 7) is 6.62. The highest BCUT2D eigenvalue weighted by Crippen LogP contribution is 2.55. The third-order valence-electron chi connectivity index (χ3n) is 8.74. The maximum absolute atomic E-state index is 13.1. The van der Waals surface area contributed by atoms with E-state index in [1.54, 1.807) is 0 Å². The first-order valence-electron chi connectivity index (χ1n) is 12.5. The van der Waals surface area contributed by atoms with Crippen LogP contribution in [0.1, 0.15) is 91.4 Å². The highest BCUT2D eigenvalue weighted by atomic mass is 16.2. The minimum absolute atomic E-state index is 0.135. The molecule has 2 N–H and O–H groups in total. The van der Waals surface area contributed by atoms with E-state index in [1.165, 1.54) is 51.4 Å². The average Bonchev–Trinajstić information content (AvgIpc) is 2.81. The average molecular weight is 416 g/mol. The summed E-state index contributed by atoms with van der Waals surface area (Å²) < 4.78 is 0. The van der Waals surface area contributed by atoms with Crippen LogP contribution in [0.5, 0.6) is 0 Å². The molecule has 0 radical (unpaired) electrons. The quantitative estimate of drug-likeness (QED) is 0.721. The highest BCUT2D eigenvalue weighted by Gasteiger charge is 2.51. The maximum atomic E-state index is 13.1. The Balaban J connectivity index is 1.14. The second kappa shape index (κ2) is 7.50. The van der Waals surface area contributed by atoms with E-state index in [4.69, 9.17) is 0 Å². The van der Waals surface area contributed by atoms with Crippen LogP contribution in [0.4, 0.5) is 0 Å². The van der Waals surface area contributed by atoms with E-state index in [1.807, 2.05) is 20.8 Å². The third kappa shape index (κ3) is 4.28. The molecule has 6 bridgehead atoms. The molecule has 2 unspecified atom stereocenters. The molecule has 6 rings (SSSR count). The molecule has 30 heavy (non-hydrogen) atoms. The standard InChI is InChI=1S/C25H41N3O2/c1-24(2,3)26-23(30)15-28-20-4-5-21(28)10-16(9-20)11-22(29)27-25-12-17-6-18(13-25)8-19(7-17)14-25/h16-21H,4-15H2,1-3H3,(H,26,30)(H,27,29). The molecule has 168 valence electrons. The van der Waals surface area contributed by atoms with Gasteiger partial charge in [-0.25, -0.2) is 0 Å². The van der Waals surface area contributed by atoms with Crippen molar-refractivity contribution in [1.82, 2.24) is 15.5 Å². The number of fused-ring (bicyclic) bond motifs is 2. The van der Waals surface area contributed by atoms with Crippen molar-refractivity contribution in [3.63, 3.8) is 0 Å². The van der Waals surface area contributed by atoms with E-state index in [9.17, 15) is 9.59 Å². The lowest BCUT2D eigenvalue weighted by Crippen LogP contribution is -2.60. The van der Waals surface area contributed by atoms with Gasteiger partial charge in [0, 0.05) is 29.6 Å². The molecular weight excluding hydrogens is 374 g/mol. The van der Waals surface area contributed by atoms with Gasteiger partial charge in [0.05, 0.1) is 6.54 Å². The number of hydrogen-bond donors (Lipinski definition) is 2. The van der Waals surface area contributed by atoms with Crippen LogP contribution in [-0.2, 0) is 9.59 Å².